The van der Waals surface area contributed by atoms with Gasteiger partial charge in [-0.1, -0.05) is 0 Å². The van der Waals surface area contributed by atoms with E-state index in [1.165, 1.54) is 18.4 Å². The topological polar surface area (TPSA) is 23.5 Å². The van der Waals surface area contributed by atoms with E-state index in [2.05, 4.69) is 21.7 Å². The molecule has 0 radical (unpaired) electrons. The van der Waals surface area contributed by atoms with Crippen molar-refractivity contribution in [3.8, 4) is 0 Å². The molecular weight excluding hydrogens is 206 g/mol. The molecule has 3 heteroatoms. The summed E-state index contributed by atoms with van der Waals surface area (Å²) in [6.07, 6.45) is 4.46. The second kappa shape index (κ2) is 3.58. The van der Waals surface area contributed by atoms with Crippen molar-refractivity contribution in [1.29, 1.82) is 0 Å². The summed E-state index contributed by atoms with van der Waals surface area (Å²) in [5.41, 5.74) is 0.837. The molecule has 1 aliphatic heterocycles. The molecule has 1 atom stereocenters. The summed E-state index contributed by atoms with van der Waals surface area (Å²) in [7, 11) is 0. The lowest BCUT2D eigenvalue weighted by atomic mass is 9.95. The molecule has 1 saturated carbocycles. The monoisotopic (exact) mass is 223 g/mol. The van der Waals surface area contributed by atoms with Gasteiger partial charge in [0, 0.05) is 25.6 Å². The fourth-order valence-electron chi connectivity index (χ4n) is 2.56. The summed E-state index contributed by atoms with van der Waals surface area (Å²) in [4.78, 5) is 2.46. The highest BCUT2D eigenvalue weighted by Crippen LogP contribution is 2.34. The largest absolute Gasteiger partial charge is 0.388 e. The summed E-state index contributed by atoms with van der Waals surface area (Å²) in [5.74, 6) is 0. The number of rotatable bonds is 3. The minimum Gasteiger partial charge on any atom is -0.388 e. The van der Waals surface area contributed by atoms with Gasteiger partial charge in [0.2, 0.25) is 0 Å². The van der Waals surface area contributed by atoms with Crippen molar-refractivity contribution in [1.82, 2.24) is 4.90 Å². The normalized spacial score (nSPS) is 32.3. The molecule has 2 heterocycles. The average molecular weight is 223 g/mol. The van der Waals surface area contributed by atoms with Gasteiger partial charge >= 0.3 is 0 Å². The zero-order valence-electron chi connectivity index (χ0n) is 8.85. The summed E-state index contributed by atoms with van der Waals surface area (Å²) in [6, 6.07) is 2.92. The third-order valence-corrected chi connectivity index (χ3v) is 4.27. The predicted molar refractivity (Wildman–Crippen MR) is 62.2 cm³/mol. The third kappa shape index (κ3) is 2.10. The number of hydrogen-bond acceptors (Lipinski definition) is 3. The molecular formula is C12H17NOS. The molecule has 0 bridgehead atoms. The Bertz CT molecular complexity index is 333. The number of nitrogens with zero attached hydrogens (tertiary/aromatic N) is 1. The highest BCUT2D eigenvalue weighted by Gasteiger charge is 2.41. The smallest absolute Gasteiger partial charge is 0.0826 e. The lowest BCUT2D eigenvalue weighted by molar-refractivity contribution is 0.0488. The van der Waals surface area contributed by atoms with Gasteiger partial charge in [-0.05, 0) is 41.7 Å². The van der Waals surface area contributed by atoms with Gasteiger partial charge in [-0.3, -0.25) is 4.90 Å². The number of hydrogen-bond donors (Lipinski definition) is 1. The Morgan fingerprint density at radius 2 is 2.40 bits per heavy atom. The number of aliphatic hydroxyl groups is 1. The summed E-state index contributed by atoms with van der Waals surface area (Å²) >= 11 is 1.72. The Hall–Kier alpha value is -0.380. The van der Waals surface area contributed by atoms with Crippen LogP contribution in [0.5, 0.6) is 0 Å². The van der Waals surface area contributed by atoms with E-state index >= 15 is 0 Å². The van der Waals surface area contributed by atoms with Gasteiger partial charge in [-0.25, -0.2) is 0 Å². The first-order valence-corrected chi connectivity index (χ1v) is 6.67. The first-order valence-electron chi connectivity index (χ1n) is 5.73. The number of likely N-dealkylation sites (tertiary alicyclic amines) is 1. The van der Waals surface area contributed by atoms with Crippen molar-refractivity contribution in [2.75, 3.05) is 13.1 Å². The van der Waals surface area contributed by atoms with E-state index in [1.54, 1.807) is 11.3 Å². The van der Waals surface area contributed by atoms with Crippen LogP contribution in [0.1, 0.15) is 24.8 Å². The highest BCUT2D eigenvalue weighted by molar-refractivity contribution is 7.07. The van der Waals surface area contributed by atoms with Crippen molar-refractivity contribution in [2.24, 2.45) is 0 Å². The van der Waals surface area contributed by atoms with Gasteiger partial charge in [0.25, 0.3) is 0 Å². The van der Waals surface area contributed by atoms with E-state index in [0.717, 1.165) is 32.0 Å². The van der Waals surface area contributed by atoms with Crippen molar-refractivity contribution in [3.05, 3.63) is 22.4 Å². The van der Waals surface area contributed by atoms with E-state index in [-0.39, 0.29) is 0 Å². The predicted octanol–water partition coefficient (Wildman–Crippen LogP) is 1.89. The molecule has 2 fully saturated rings. The van der Waals surface area contributed by atoms with Crippen LogP contribution in [0.15, 0.2) is 16.8 Å². The molecule has 15 heavy (non-hydrogen) atoms. The highest BCUT2D eigenvalue weighted by atomic mass is 32.1. The Kier molecular flexibility index (Phi) is 2.34. The lowest BCUT2D eigenvalue weighted by Crippen LogP contribution is -2.35. The maximum atomic E-state index is 10.5. The number of thiophene rings is 1. The van der Waals surface area contributed by atoms with Gasteiger partial charge in [-0.2, -0.15) is 11.3 Å². The second-order valence-corrected chi connectivity index (χ2v) is 5.76. The maximum absolute atomic E-state index is 10.5. The van der Waals surface area contributed by atoms with Crippen molar-refractivity contribution in [2.45, 2.75) is 37.3 Å². The first kappa shape index (κ1) is 9.82. The van der Waals surface area contributed by atoms with Crippen LogP contribution >= 0.6 is 11.3 Å². The van der Waals surface area contributed by atoms with Gasteiger partial charge in [0.15, 0.2) is 0 Å². The van der Waals surface area contributed by atoms with Gasteiger partial charge in [-0.15, -0.1) is 0 Å². The fraction of sp³-hybridized carbons (Fsp3) is 0.667. The Balaban J connectivity index is 1.64. The zero-order chi connectivity index (χ0) is 10.3. The first-order chi connectivity index (χ1) is 7.25. The van der Waals surface area contributed by atoms with E-state index in [9.17, 15) is 5.11 Å². The Labute approximate surface area is 94.5 Å². The van der Waals surface area contributed by atoms with Gasteiger partial charge in [0.1, 0.15) is 0 Å². The zero-order valence-corrected chi connectivity index (χ0v) is 9.67. The molecule has 1 saturated heterocycles. The maximum Gasteiger partial charge on any atom is 0.0826 e. The molecule has 2 aliphatic rings. The summed E-state index contributed by atoms with van der Waals surface area (Å²) < 4.78 is 0. The van der Waals surface area contributed by atoms with E-state index in [0.29, 0.717) is 0 Å². The van der Waals surface area contributed by atoms with Crippen LogP contribution in [0, 0.1) is 0 Å². The van der Waals surface area contributed by atoms with Crippen LogP contribution < -0.4 is 0 Å². The van der Waals surface area contributed by atoms with Crippen molar-refractivity contribution in [3.63, 3.8) is 0 Å². The molecule has 1 N–H and O–H groups in total. The molecule has 2 nitrogen and oxygen atoms in total. The van der Waals surface area contributed by atoms with Crippen LogP contribution in [0.2, 0.25) is 0 Å². The second-order valence-electron chi connectivity index (χ2n) is 4.98. The molecule has 1 aromatic heterocycles. The van der Waals surface area contributed by atoms with Crippen LogP contribution in [0.3, 0.4) is 0 Å². The molecule has 1 unspecified atom stereocenters. The molecule has 0 amide bonds. The molecule has 1 aromatic rings. The van der Waals surface area contributed by atoms with E-state index in [1.807, 2.05) is 0 Å². The third-order valence-electron chi connectivity index (χ3n) is 3.54. The molecule has 0 spiro atoms. The standard InChI is InChI=1S/C12H17NOS/c14-12(7-10-3-6-15-8-10)4-5-13(9-12)11-1-2-11/h3,6,8,11,14H,1-2,4-5,7,9H2. The Morgan fingerprint density at radius 3 is 3.07 bits per heavy atom. The van der Waals surface area contributed by atoms with Crippen molar-refractivity contribution < 1.29 is 5.11 Å². The van der Waals surface area contributed by atoms with Crippen LogP contribution in [-0.2, 0) is 6.42 Å². The van der Waals surface area contributed by atoms with Crippen LogP contribution in [-0.4, -0.2) is 34.7 Å². The average Bonchev–Trinajstić information content (AvgIpc) is 2.81. The minimum absolute atomic E-state index is 0.455. The molecule has 82 valence electrons. The lowest BCUT2D eigenvalue weighted by Gasteiger charge is -2.23. The van der Waals surface area contributed by atoms with Crippen molar-refractivity contribution >= 4 is 11.3 Å². The quantitative estimate of drug-likeness (QED) is 0.846. The van der Waals surface area contributed by atoms with E-state index < -0.39 is 5.60 Å². The molecule has 0 aromatic carbocycles. The summed E-state index contributed by atoms with van der Waals surface area (Å²) in [6.45, 7) is 1.97. The molecule has 1 aliphatic carbocycles. The summed E-state index contributed by atoms with van der Waals surface area (Å²) in [5, 5.41) is 14.7. The minimum atomic E-state index is -0.455. The number of β-amino-alcohol motifs (C(OH)–C–C–N with tert-alkyl or cyclic N) is 1. The van der Waals surface area contributed by atoms with Gasteiger partial charge < -0.3 is 5.11 Å². The molecule has 3 rings (SSSR count). The Morgan fingerprint density at radius 1 is 1.53 bits per heavy atom. The SMILES string of the molecule is OC1(Cc2ccsc2)CCN(C2CC2)C1. The fourth-order valence-corrected chi connectivity index (χ4v) is 3.23. The van der Waals surface area contributed by atoms with Crippen LogP contribution in [0.25, 0.3) is 0 Å². The van der Waals surface area contributed by atoms with Crippen LogP contribution in [0.4, 0.5) is 0 Å². The van der Waals surface area contributed by atoms with Gasteiger partial charge in [0.05, 0.1) is 5.60 Å². The van der Waals surface area contributed by atoms with E-state index in [4.69, 9.17) is 0 Å².